The number of aryl methyl sites for hydroxylation is 1. The average molecular weight is 347 g/mol. The molecule has 126 valence electrons. The van der Waals surface area contributed by atoms with Crippen molar-refractivity contribution in [2.45, 2.75) is 33.1 Å². The van der Waals surface area contributed by atoms with Crippen LogP contribution >= 0.6 is 11.3 Å². The quantitative estimate of drug-likeness (QED) is 0.819. The molecule has 0 amide bonds. The number of carbonyl (C=O) groups excluding carboxylic acids is 2. The zero-order valence-corrected chi connectivity index (χ0v) is 14.4. The van der Waals surface area contributed by atoms with Crippen LogP contribution in [0, 0.1) is 12.7 Å². The monoisotopic (exact) mass is 347 g/mol. The van der Waals surface area contributed by atoms with Crippen LogP contribution in [-0.2, 0) is 11.2 Å². The molecule has 1 heterocycles. The van der Waals surface area contributed by atoms with Gasteiger partial charge in [-0.3, -0.25) is 4.79 Å². The Morgan fingerprint density at radius 2 is 2.17 bits per heavy atom. The maximum Gasteiger partial charge on any atom is 0.341 e. The summed E-state index contributed by atoms with van der Waals surface area (Å²) in [5.41, 5.74) is 2.18. The Morgan fingerprint density at radius 1 is 1.38 bits per heavy atom. The van der Waals surface area contributed by atoms with Gasteiger partial charge in [-0.15, -0.1) is 11.3 Å². The fraction of sp³-hybridized carbons (Fsp3) is 0.333. The maximum atomic E-state index is 14.1. The number of esters is 1. The molecule has 1 aliphatic rings. The van der Waals surface area contributed by atoms with Gasteiger partial charge in [0.05, 0.1) is 22.7 Å². The Kier molecular flexibility index (Phi) is 4.66. The first-order chi connectivity index (χ1) is 11.5. The molecule has 6 heteroatoms. The molecule has 4 nitrogen and oxygen atoms in total. The van der Waals surface area contributed by atoms with E-state index < -0.39 is 11.8 Å². The molecule has 2 aromatic rings. The largest absolute Gasteiger partial charge is 0.462 e. The third kappa shape index (κ3) is 3.06. The summed E-state index contributed by atoms with van der Waals surface area (Å²) in [5.74, 6) is -0.841. The van der Waals surface area contributed by atoms with Crippen LogP contribution in [0.5, 0.6) is 0 Å². The van der Waals surface area contributed by atoms with Crippen molar-refractivity contribution in [1.82, 2.24) is 0 Å². The van der Waals surface area contributed by atoms with E-state index in [1.807, 2.05) is 0 Å². The lowest BCUT2D eigenvalue weighted by atomic mass is 9.94. The standard InChI is InChI=1S/C18H18FNO3S/c1-3-23-18(22)15-11-5-4-6-14(21)16(11)24-17(15)20-13-8-7-10(2)9-12(13)19/h7-9,20H,3-6H2,1-2H3. The van der Waals surface area contributed by atoms with E-state index >= 15 is 0 Å². The first-order valence-corrected chi connectivity index (χ1v) is 8.72. The van der Waals surface area contributed by atoms with Crippen molar-refractivity contribution >= 4 is 33.8 Å². The first-order valence-electron chi connectivity index (χ1n) is 7.90. The number of hydrogen-bond donors (Lipinski definition) is 1. The smallest absolute Gasteiger partial charge is 0.341 e. The van der Waals surface area contributed by atoms with Gasteiger partial charge in [-0.05, 0) is 49.9 Å². The summed E-state index contributed by atoms with van der Waals surface area (Å²) in [6.07, 6.45) is 1.85. The third-order valence-corrected chi connectivity index (χ3v) is 5.13. The van der Waals surface area contributed by atoms with Gasteiger partial charge in [-0.1, -0.05) is 6.07 Å². The van der Waals surface area contributed by atoms with E-state index in [1.165, 1.54) is 17.4 Å². The molecule has 0 atom stereocenters. The van der Waals surface area contributed by atoms with Gasteiger partial charge in [0, 0.05) is 6.42 Å². The number of carbonyl (C=O) groups is 2. The highest BCUT2D eigenvalue weighted by Crippen LogP contribution is 2.40. The second-order valence-electron chi connectivity index (χ2n) is 5.72. The van der Waals surface area contributed by atoms with Crippen molar-refractivity contribution in [3.8, 4) is 0 Å². The van der Waals surface area contributed by atoms with Crippen LogP contribution in [0.25, 0.3) is 0 Å². The predicted octanol–water partition coefficient (Wildman–Crippen LogP) is 4.63. The molecule has 1 aliphatic carbocycles. The Morgan fingerprint density at radius 3 is 2.88 bits per heavy atom. The van der Waals surface area contributed by atoms with Crippen LogP contribution in [0.2, 0.25) is 0 Å². The minimum atomic E-state index is -0.472. The number of Topliss-reactive ketones (excluding diaryl/α,β-unsaturated/α-hetero) is 1. The Balaban J connectivity index is 2.06. The minimum absolute atomic E-state index is 0.0317. The van der Waals surface area contributed by atoms with Crippen molar-refractivity contribution in [2.24, 2.45) is 0 Å². The second-order valence-corrected chi connectivity index (χ2v) is 6.74. The molecule has 3 rings (SSSR count). The topological polar surface area (TPSA) is 55.4 Å². The molecular weight excluding hydrogens is 329 g/mol. The van der Waals surface area contributed by atoms with Crippen molar-refractivity contribution < 1.29 is 18.7 Å². The Hall–Kier alpha value is -2.21. The first kappa shape index (κ1) is 16.6. The molecule has 0 spiro atoms. The van der Waals surface area contributed by atoms with Crippen molar-refractivity contribution in [3.63, 3.8) is 0 Å². The summed E-state index contributed by atoms with van der Waals surface area (Å²) >= 11 is 1.20. The molecule has 0 saturated carbocycles. The molecule has 0 radical (unpaired) electrons. The van der Waals surface area contributed by atoms with Crippen LogP contribution in [0.1, 0.15) is 50.9 Å². The average Bonchev–Trinajstić information content (AvgIpc) is 2.90. The molecule has 1 aromatic carbocycles. The lowest BCUT2D eigenvalue weighted by Gasteiger charge is -2.12. The van der Waals surface area contributed by atoms with Crippen LogP contribution in [0.4, 0.5) is 15.1 Å². The van der Waals surface area contributed by atoms with Crippen LogP contribution in [0.3, 0.4) is 0 Å². The fourth-order valence-corrected chi connectivity index (χ4v) is 4.04. The van der Waals surface area contributed by atoms with E-state index in [-0.39, 0.29) is 18.1 Å². The summed E-state index contributed by atoms with van der Waals surface area (Å²) in [5, 5.41) is 3.44. The Labute approximate surface area is 143 Å². The molecule has 1 N–H and O–H groups in total. The van der Waals surface area contributed by atoms with Crippen LogP contribution in [-0.4, -0.2) is 18.4 Å². The zero-order chi connectivity index (χ0) is 17.3. The molecule has 0 unspecified atom stereocenters. The van der Waals surface area contributed by atoms with Gasteiger partial charge >= 0.3 is 5.97 Å². The highest BCUT2D eigenvalue weighted by atomic mass is 32.1. The van der Waals surface area contributed by atoms with E-state index in [0.717, 1.165) is 11.1 Å². The Bertz CT molecular complexity index is 813. The fourth-order valence-electron chi connectivity index (χ4n) is 2.82. The summed E-state index contributed by atoms with van der Waals surface area (Å²) in [7, 11) is 0. The van der Waals surface area contributed by atoms with Gasteiger partial charge in [0.15, 0.2) is 5.78 Å². The van der Waals surface area contributed by atoms with E-state index in [0.29, 0.717) is 34.7 Å². The van der Waals surface area contributed by atoms with Crippen molar-refractivity contribution in [1.29, 1.82) is 0 Å². The van der Waals surface area contributed by atoms with Crippen LogP contribution < -0.4 is 5.32 Å². The van der Waals surface area contributed by atoms with Gasteiger partial charge in [0.25, 0.3) is 0 Å². The molecule has 0 fully saturated rings. The normalized spacial score (nSPS) is 13.5. The minimum Gasteiger partial charge on any atom is -0.462 e. The van der Waals surface area contributed by atoms with E-state index in [4.69, 9.17) is 4.74 Å². The number of hydrogen-bond acceptors (Lipinski definition) is 5. The van der Waals surface area contributed by atoms with Crippen molar-refractivity contribution in [2.75, 3.05) is 11.9 Å². The number of benzene rings is 1. The number of anilines is 2. The van der Waals surface area contributed by atoms with Crippen molar-refractivity contribution in [3.05, 3.63) is 45.6 Å². The molecular formula is C18H18FNO3S. The van der Waals surface area contributed by atoms with Gasteiger partial charge < -0.3 is 10.1 Å². The highest BCUT2D eigenvalue weighted by Gasteiger charge is 2.30. The number of thiophene rings is 1. The maximum absolute atomic E-state index is 14.1. The van der Waals surface area contributed by atoms with E-state index in [2.05, 4.69) is 5.32 Å². The molecule has 1 aromatic heterocycles. The van der Waals surface area contributed by atoms with Crippen LogP contribution in [0.15, 0.2) is 18.2 Å². The number of ether oxygens (including phenoxy) is 1. The lowest BCUT2D eigenvalue weighted by molar-refractivity contribution is 0.0527. The summed E-state index contributed by atoms with van der Waals surface area (Å²) in [6, 6.07) is 4.83. The molecule has 0 bridgehead atoms. The summed E-state index contributed by atoms with van der Waals surface area (Å²) in [4.78, 5) is 25.1. The number of ketones is 1. The lowest BCUT2D eigenvalue weighted by Crippen LogP contribution is -2.13. The zero-order valence-electron chi connectivity index (χ0n) is 13.6. The molecule has 24 heavy (non-hydrogen) atoms. The summed E-state index contributed by atoms with van der Waals surface area (Å²) in [6.45, 7) is 3.78. The molecule has 0 saturated heterocycles. The van der Waals surface area contributed by atoms with Gasteiger partial charge in [-0.2, -0.15) is 0 Å². The second kappa shape index (κ2) is 6.73. The number of fused-ring (bicyclic) bond motifs is 1. The van der Waals surface area contributed by atoms with E-state index in [1.54, 1.807) is 26.0 Å². The third-order valence-electron chi connectivity index (χ3n) is 3.94. The number of nitrogens with one attached hydrogen (secondary N) is 1. The highest BCUT2D eigenvalue weighted by molar-refractivity contribution is 7.18. The summed E-state index contributed by atoms with van der Waals surface area (Å²) < 4.78 is 19.3. The number of rotatable bonds is 4. The predicted molar refractivity (Wildman–Crippen MR) is 92.0 cm³/mol. The SMILES string of the molecule is CCOC(=O)c1c(Nc2ccc(C)cc2F)sc2c1CCCC2=O. The van der Waals surface area contributed by atoms with Gasteiger partial charge in [-0.25, -0.2) is 9.18 Å². The van der Waals surface area contributed by atoms with Gasteiger partial charge in [0.1, 0.15) is 10.8 Å². The van der Waals surface area contributed by atoms with E-state index in [9.17, 15) is 14.0 Å². The number of halogens is 1. The van der Waals surface area contributed by atoms with Gasteiger partial charge in [0.2, 0.25) is 0 Å². The molecule has 0 aliphatic heterocycles.